The monoisotopic (exact) mass is 287 g/mol. The van der Waals surface area contributed by atoms with Crippen LogP contribution in [0.1, 0.15) is 18.4 Å². The summed E-state index contributed by atoms with van der Waals surface area (Å²) < 4.78 is 7.14. The molecule has 5 heteroatoms. The molecular weight excluding hydrogens is 266 g/mol. The molecule has 0 radical (unpaired) electrons. The molecule has 1 aliphatic heterocycles. The summed E-state index contributed by atoms with van der Waals surface area (Å²) in [5, 5.41) is 18.1. The van der Waals surface area contributed by atoms with Crippen molar-refractivity contribution in [1.29, 1.82) is 0 Å². The first-order valence-electron chi connectivity index (χ1n) is 7.35. The number of hydrogen-bond donors (Lipinski definition) is 2. The van der Waals surface area contributed by atoms with Crippen LogP contribution in [0.3, 0.4) is 0 Å². The second-order valence-corrected chi connectivity index (χ2v) is 5.57. The van der Waals surface area contributed by atoms with Crippen molar-refractivity contribution in [3.8, 4) is 5.69 Å². The molecule has 0 spiro atoms. The van der Waals surface area contributed by atoms with Gasteiger partial charge in [0, 0.05) is 50.9 Å². The highest BCUT2D eigenvalue weighted by atomic mass is 16.5. The van der Waals surface area contributed by atoms with Crippen LogP contribution in [-0.4, -0.2) is 40.2 Å². The van der Waals surface area contributed by atoms with E-state index < -0.39 is 5.60 Å². The van der Waals surface area contributed by atoms with Gasteiger partial charge in [-0.1, -0.05) is 18.2 Å². The molecule has 0 saturated carbocycles. The fraction of sp³-hybridized carbons (Fsp3) is 0.438. The highest BCUT2D eigenvalue weighted by molar-refractivity contribution is 5.30. The Labute approximate surface area is 124 Å². The minimum atomic E-state index is -0.631. The molecule has 3 rings (SSSR count). The van der Waals surface area contributed by atoms with E-state index in [1.54, 1.807) is 0 Å². The van der Waals surface area contributed by atoms with E-state index in [-0.39, 0.29) is 0 Å². The summed E-state index contributed by atoms with van der Waals surface area (Å²) in [6.45, 7) is 2.58. The Morgan fingerprint density at radius 1 is 1.24 bits per heavy atom. The predicted octanol–water partition coefficient (Wildman–Crippen LogP) is 1.50. The van der Waals surface area contributed by atoms with Crippen molar-refractivity contribution < 1.29 is 9.84 Å². The Kier molecular flexibility index (Phi) is 4.34. The van der Waals surface area contributed by atoms with Crippen LogP contribution in [0.25, 0.3) is 5.69 Å². The second-order valence-electron chi connectivity index (χ2n) is 5.57. The summed E-state index contributed by atoms with van der Waals surface area (Å²) in [7, 11) is 0. The lowest BCUT2D eigenvalue weighted by molar-refractivity contribution is -0.0617. The van der Waals surface area contributed by atoms with E-state index in [0.29, 0.717) is 39.1 Å². The van der Waals surface area contributed by atoms with Gasteiger partial charge >= 0.3 is 0 Å². The molecule has 0 amide bonds. The van der Waals surface area contributed by atoms with Gasteiger partial charge in [0.05, 0.1) is 17.5 Å². The minimum absolute atomic E-state index is 0.590. The standard InChI is InChI=1S/C16H21N3O2/c20-16(6-8-21-9-7-16)13-17-10-14-11-18-19(12-14)15-4-2-1-3-5-15/h1-5,11-12,17,20H,6-10,13H2. The van der Waals surface area contributed by atoms with Crippen LogP contribution in [-0.2, 0) is 11.3 Å². The first-order valence-corrected chi connectivity index (χ1v) is 7.35. The molecule has 1 aliphatic rings. The Bertz CT molecular complexity index is 562. The van der Waals surface area contributed by atoms with Crippen molar-refractivity contribution in [2.45, 2.75) is 25.0 Å². The molecule has 2 aromatic rings. The normalized spacial score (nSPS) is 17.8. The van der Waals surface area contributed by atoms with Gasteiger partial charge in [0.1, 0.15) is 0 Å². The molecule has 0 aliphatic carbocycles. The number of rotatable bonds is 5. The van der Waals surface area contributed by atoms with E-state index in [1.807, 2.05) is 47.4 Å². The number of aromatic nitrogens is 2. The second kappa shape index (κ2) is 6.39. The average Bonchev–Trinajstić information content (AvgIpc) is 2.98. The van der Waals surface area contributed by atoms with Crippen molar-refractivity contribution in [3.05, 3.63) is 48.3 Å². The maximum Gasteiger partial charge on any atom is 0.0815 e. The van der Waals surface area contributed by atoms with Crippen molar-refractivity contribution >= 4 is 0 Å². The predicted molar refractivity (Wildman–Crippen MR) is 80.3 cm³/mol. The highest BCUT2D eigenvalue weighted by Gasteiger charge is 2.29. The van der Waals surface area contributed by atoms with Crippen LogP contribution in [0.4, 0.5) is 0 Å². The van der Waals surface area contributed by atoms with Gasteiger partial charge in [-0.15, -0.1) is 0 Å². The fourth-order valence-electron chi connectivity index (χ4n) is 2.54. The number of hydrogen-bond acceptors (Lipinski definition) is 4. The number of aliphatic hydroxyl groups is 1. The SMILES string of the molecule is OC1(CNCc2cnn(-c3ccccc3)c2)CCOCC1. The Morgan fingerprint density at radius 2 is 2.00 bits per heavy atom. The zero-order valence-corrected chi connectivity index (χ0v) is 12.0. The lowest BCUT2D eigenvalue weighted by Gasteiger charge is -2.32. The summed E-state index contributed by atoms with van der Waals surface area (Å²) in [6.07, 6.45) is 5.26. The van der Waals surface area contributed by atoms with Gasteiger partial charge < -0.3 is 15.2 Å². The van der Waals surface area contributed by atoms with Crippen molar-refractivity contribution in [2.24, 2.45) is 0 Å². The third kappa shape index (κ3) is 3.69. The first kappa shape index (κ1) is 14.3. The van der Waals surface area contributed by atoms with Gasteiger partial charge in [0.15, 0.2) is 0 Å². The van der Waals surface area contributed by atoms with E-state index in [4.69, 9.17) is 4.74 Å². The molecular formula is C16H21N3O2. The largest absolute Gasteiger partial charge is 0.388 e. The third-order valence-electron chi connectivity index (χ3n) is 3.86. The van der Waals surface area contributed by atoms with Gasteiger partial charge in [0.25, 0.3) is 0 Å². The Morgan fingerprint density at radius 3 is 2.76 bits per heavy atom. The molecule has 112 valence electrons. The van der Waals surface area contributed by atoms with E-state index in [1.165, 1.54) is 0 Å². The summed E-state index contributed by atoms with van der Waals surface area (Å²) in [6, 6.07) is 10.0. The zero-order chi connectivity index (χ0) is 14.5. The van der Waals surface area contributed by atoms with Crippen LogP contribution >= 0.6 is 0 Å². The smallest absolute Gasteiger partial charge is 0.0815 e. The molecule has 1 saturated heterocycles. The number of ether oxygens (including phenoxy) is 1. The summed E-state index contributed by atoms with van der Waals surface area (Å²) in [5.41, 5.74) is 1.52. The summed E-state index contributed by atoms with van der Waals surface area (Å²) in [5.74, 6) is 0. The maximum absolute atomic E-state index is 10.4. The van der Waals surface area contributed by atoms with Crippen molar-refractivity contribution in [1.82, 2.24) is 15.1 Å². The van der Waals surface area contributed by atoms with E-state index >= 15 is 0 Å². The third-order valence-corrected chi connectivity index (χ3v) is 3.86. The summed E-state index contributed by atoms with van der Waals surface area (Å²) in [4.78, 5) is 0. The molecule has 5 nitrogen and oxygen atoms in total. The van der Waals surface area contributed by atoms with Gasteiger partial charge in [-0.05, 0) is 12.1 Å². The lowest BCUT2D eigenvalue weighted by atomic mass is 9.94. The van der Waals surface area contributed by atoms with E-state index in [2.05, 4.69) is 10.4 Å². The van der Waals surface area contributed by atoms with Crippen LogP contribution in [0.2, 0.25) is 0 Å². The molecule has 2 N–H and O–H groups in total. The van der Waals surface area contributed by atoms with Gasteiger partial charge in [-0.3, -0.25) is 0 Å². The molecule has 1 aromatic heterocycles. The molecule has 0 unspecified atom stereocenters. The number of benzene rings is 1. The van der Waals surface area contributed by atoms with Crippen LogP contribution in [0.5, 0.6) is 0 Å². The minimum Gasteiger partial charge on any atom is -0.388 e. The molecule has 2 heterocycles. The maximum atomic E-state index is 10.4. The molecule has 0 bridgehead atoms. The average molecular weight is 287 g/mol. The topological polar surface area (TPSA) is 59.3 Å². The van der Waals surface area contributed by atoms with E-state index in [0.717, 1.165) is 11.3 Å². The van der Waals surface area contributed by atoms with Crippen LogP contribution < -0.4 is 5.32 Å². The lowest BCUT2D eigenvalue weighted by Crippen LogP contribution is -2.44. The van der Waals surface area contributed by atoms with Gasteiger partial charge in [-0.2, -0.15) is 5.10 Å². The van der Waals surface area contributed by atoms with Gasteiger partial charge in [0.2, 0.25) is 0 Å². The van der Waals surface area contributed by atoms with Crippen LogP contribution in [0, 0.1) is 0 Å². The number of nitrogens with zero attached hydrogens (tertiary/aromatic N) is 2. The Hall–Kier alpha value is -1.69. The molecule has 21 heavy (non-hydrogen) atoms. The molecule has 0 atom stereocenters. The number of nitrogens with one attached hydrogen (secondary N) is 1. The first-order chi connectivity index (χ1) is 10.3. The van der Waals surface area contributed by atoms with E-state index in [9.17, 15) is 5.11 Å². The number of para-hydroxylation sites is 1. The molecule has 1 fully saturated rings. The summed E-state index contributed by atoms with van der Waals surface area (Å²) >= 11 is 0. The Balaban J connectivity index is 1.53. The quantitative estimate of drug-likeness (QED) is 0.875. The van der Waals surface area contributed by atoms with Crippen molar-refractivity contribution in [2.75, 3.05) is 19.8 Å². The highest BCUT2D eigenvalue weighted by Crippen LogP contribution is 2.19. The fourth-order valence-corrected chi connectivity index (χ4v) is 2.54. The molecule has 1 aromatic carbocycles. The zero-order valence-electron chi connectivity index (χ0n) is 12.0. The van der Waals surface area contributed by atoms with Crippen LogP contribution in [0.15, 0.2) is 42.7 Å². The van der Waals surface area contributed by atoms with Crippen molar-refractivity contribution in [3.63, 3.8) is 0 Å². The van der Waals surface area contributed by atoms with Gasteiger partial charge in [-0.25, -0.2) is 4.68 Å².